The van der Waals surface area contributed by atoms with Crippen LogP contribution in [0.1, 0.15) is 38.3 Å². The SMILES string of the molecule is CCC(CC)C(c1ccc(NC(=O)CN2CCN(C)CC2)cc1)n1cncn1. The zero-order valence-corrected chi connectivity index (χ0v) is 17.2. The first kappa shape index (κ1) is 20.5. The monoisotopic (exact) mass is 384 g/mol. The number of rotatable bonds is 8. The zero-order valence-electron chi connectivity index (χ0n) is 17.2. The summed E-state index contributed by atoms with van der Waals surface area (Å²) in [5.41, 5.74) is 2.03. The average molecular weight is 385 g/mol. The second-order valence-corrected chi connectivity index (χ2v) is 7.65. The van der Waals surface area contributed by atoms with Crippen LogP contribution in [0, 0.1) is 5.92 Å². The van der Waals surface area contributed by atoms with E-state index in [-0.39, 0.29) is 11.9 Å². The molecule has 1 aromatic heterocycles. The van der Waals surface area contributed by atoms with Crippen molar-refractivity contribution in [1.29, 1.82) is 0 Å². The second kappa shape index (κ2) is 9.80. The summed E-state index contributed by atoms with van der Waals surface area (Å²) in [5, 5.41) is 7.41. The number of amides is 1. The normalized spacial score (nSPS) is 17.0. The lowest BCUT2D eigenvalue weighted by atomic mass is 9.89. The number of hydrogen-bond acceptors (Lipinski definition) is 5. The van der Waals surface area contributed by atoms with E-state index in [0.29, 0.717) is 12.5 Å². The maximum absolute atomic E-state index is 12.4. The van der Waals surface area contributed by atoms with E-state index in [1.807, 2.05) is 16.8 Å². The molecule has 0 spiro atoms. The van der Waals surface area contributed by atoms with Gasteiger partial charge in [-0.1, -0.05) is 38.8 Å². The Morgan fingerprint density at radius 2 is 1.79 bits per heavy atom. The summed E-state index contributed by atoms with van der Waals surface area (Å²) in [6.07, 6.45) is 5.52. The van der Waals surface area contributed by atoms with E-state index in [0.717, 1.165) is 44.7 Å². The highest BCUT2D eigenvalue weighted by atomic mass is 16.2. The molecule has 1 aliphatic heterocycles. The molecule has 0 bridgehead atoms. The van der Waals surface area contributed by atoms with Crippen molar-refractivity contribution in [3.63, 3.8) is 0 Å². The van der Waals surface area contributed by atoms with Gasteiger partial charge in [-0.05, 0) is 30.7 Å². The first-order valence-electron chi connectivity index (χ1n) is 10.3. The minimum atomic E-state index is 0.0464. The van der Waals surface area contributed by atoms with Crippen LogP contribution in [-0.2, 0) is 4.79 Å². The van der Waals surface area contributed by atoms with Crippen LogP contribution < -0.4 is 5.32 Å². The van der Waals surface area contributed by atoms with Crippen LogP contribution in [0.3, 0.4) is 0 Å². The number of hydrogen-bond donors (Lipinski definition) is 1. The van der Waals surface area contributed by atoms with Crippen molar-refractivity contribution in [2.75, 3.05) is 45.1 Å². The van der Waals surface area contributed by atoms with E-state index in [9.17, 15) is 4.79 Å². The minimum Gasteiger partial charge on any atom is -0.325 e. The van der Waals surface area contributed by atoms with Crippen LogP contribution in [0.15, 0.2) is 36.9 Å². The molecule has 0 saturated carbocycles. The molecule has 2 heterocycles. The topological polar surface area (TPSA) is 66.3 Å². The molecule has 1 atom stereocenters. The van der Waals surface area contributed by atoms with Crippen LogP contribution >= 0.6 is 0 Å². The van der Waals surface area contributed by atoms with Gasteiger partial charge in [0.2, 0.25) is 5.91 Å². The van der Waals surface area contributed by atoms with Crippen molar-refractivity contribution >= 4 is 11.6 Å². The fourth-order valence-corrected chi connectivity index (χ4v) is 3.91. The third kappa shape index (κ3) is 5.17. The van der Waals surface area contributed by atoms with Gasteiger partial charge >= 0.3 is 0 Å². The van der Waals surface area contributed by atoms with Gasteiger partial charge in [-0.25, -0.2) is 9.67 Å². The second-order valence-electron chi connectivity index (χ2n) is 7.65. The minimum absolute atomic E-state index is 0.0464. The molecule has 1 amide bonds. The lowest BCUT2D eigenvalue weighted by Crippen LogP contribution is -2.47. The van der Waals surface area contributed by atoms with Crippen molar-refractivity contribution < 1.29 is 4.79 Å². The van der Waals surface area contributed by atoms with E-state index in [4.69, 9.17) is 0 Å². The Morgan fingerprint density at radius 1 is 1.11 bits per heavy atom. The first-order valence-corrected chi connectivity index (χ1v) is 10.3. The predicted molar refractivity (Wildman–Crippen MR) is 111 cm³/mol. The number of anilines is 1. The zero-order chi connectivity index (χ0) is 19.9. The summed E-state index contributed by atoms with van der Waals surface area (Å²) in [4.78, 5) is 21.0. The van der Waals surface area contributed by atoms with Crippen LogP contribution in [0.4, 0.5) is 5.69 Å². The molecule has 1 aromatic carbocycles. The molecular weight excluding hydrogens is 352 g/mol. The molecule has 1 fully saturated rings. The molecule has 7 heteroatoms. The molecular formula is C21H32N6O. The third-order valence-corrected chi connectivity index (χ3v) is 5.72. The van der Waals surface area contributed by atoms with Crippen molar-refractivity contribution in [3.05, 3.63) is 42.5 Å². The summed E-state index contributed by atoms with van der Waals surface area (Å²) >= 11 is 0. The van der Waals surface area contributed by atoms with Gasteiger partial charge < -0.3 is 10.2 Å². The average Bonchev–Trinajstić information content (AvgIpc) is 3.23. The lowest BCUT2D eigenvalue weighted by molar-refractivity contribution is -0.117. The molecule has 1 saturated heterocycles. The van der Waals surface area contributed by atoms with E-state index in [2.05, 4.69) is 58.2 Å². The van der Waals surface area contributed by atoms with Crippen molar-refractivity contribution in [3.8, 4) is 0 Å². The number of benzene rings is 1. The highest BCUT2D eigenvalue weighted by molar-refractivity contribution is 5.92. The maximum Gasteiger partial charge on any atom is 0.238 e. The molecule has 0 radical (unpaired) electrons. The number of aromatic nitrogens is 3. The molecule has 2 aromatic rings. The van der Waals surface area contributed by atoms with Crippen LogP contribution in [0.25, 0.3) is 0 Å². The van der Waals surface area contributed by atoms with Gasteiger partial charge in [0, 0.05) is 31.9 Å². The van der Waals surface area contributed by atoms with Crippen LogP contribution in [0.5, 0.6) is 0 Å². The largest absolute Gasteiger partial charge is 0.325 e. The smallest absolute Gasteiger partial charge is 0.238 e. The third-order valence-electron chi connectivity index (χ3n) is 5.72. The standard InChI is InChI=1S/C21H32N6O/c1-4-17(5-2)21(27-16-22-15-23-27)18-6-8-19(9-7-18)24-20(28)14-26-12-10-25(3)11-13-26/h6-9,15-17,21H,4-5,10-14H2,1-3H3,(H,24,28). The van der Waals surface area contributed by atoms with E-state index in [1.165, 1.54) is 5.56 Å². The molecule has 3 rings (SSSR count). The predicted octanol–water partition coefficient (Wildman–Crippen LogP) is 2.49. The van der Waals surface area contributed by atoms with Gasteiger partial charge in [-0.2, -0.15) is 5.10 Å². The fourth-order valence-electron chi connectivity index (χ4n) is 3.91. The van der Waals surface area contributed by atoms with Crippen molar-refractivity contribution in [2.24, 2.45) is 5.92 Å². The molecule has 7 nitrogen and oxygen atoms in total. The Bertz CT molecular complexity index is 718. The lowest BCUT2D eigenvalue weighted by Gasteiger charge is -2.31. The van der Waals surface area contributed by atoms with E-state index < -0.39 is 0 Å². The summed E-state index contributed by atoms with van der Waals surface area (Å²) in [6, 6.07) is 8.33. The van der Waals surface area contributed by atoms with Gasteiger partial charge in [0.1, 0.15) is 12.7 Å². The number of likely N-dealkylation sites (N-methyl/N-ethyl adjacent to an activating group) is 1. The first-order chi connectivity index (χ1) is 13.6. The number of carbonyl (C=O) groups is 1. The Morgan fingerprint density at radius 3 is 2.36 bits per heavy atom. The number of carbonyl (C=O) groups excluding carboxylic acids is 1. The van der Waals surface area contributed by atoms with E-state index >= 15 is 0 Å². The number of nitrogens with zero attached hydrogens (tertiary/aromatic N) is 5. The molecule has 1 N–H and O–H groups in total. The van der Waals surface area contributed by atoms with Gasteiger partial charge in [-0.3, -0.25) is 9.69 Å². The Hall–Kier alpha value is -2.25. The Kier molecular flexibility index (Phi) is 7.17. The van der Waals surface area contributed by atoms with Gasteiger partial charge in [-0.15, -0.1) is 0 Å². The summed E-state index contributed by atoms with van der Waals surface area (Å²) in [6.45, 7) is 8.79. The molecule has 1 aliphatic rings. The van der Waals surface area contributed by atoms with E-state index in [1.54, 1.807) is 12.7 Å². The number of piperazine rings is 1. The van der Waals surface area contributed by atoms with Gasteiger partial charge in [0.05, 0.1) is 12.6 Å². The summed E-state index contributed by atoms with van der Waals surface area (Å²) in [7, 11) is 2.12. The molecule has 28 heavy (non-hydrogen) atoms. The van der Waals surface area contributed by atoms with Crippen molar-refractivity contribution in [2.45, 2.75) is 32.7 Å². The van der Waals surface area contributed by atoms with Crippen LogP contribution in [0.2, 0.25) is 0 Å². The quantitative estimate of drug-likeness (QED) is 0.757. The van der Waals surface area contributed by atoms with Crippen LogP contribution in [-0.4, -0.2) is 70.2 Å². The molecule has 0 aliphatic carbocycles. The van der Waals surface area contributed by atoms with Gasteiger partial charge in [0.25, 0.3) is 0 Å². The highest BCUT2D eigenvalue weighted by Crippen LogP contribution is 2.31. The Balaban J connectivity index is 1.64. The van der Waals surface area contributed by atoms with Crippen molar-refractivity contribution in [1.82, 2.24) is 24.6 Å². The van der Waals surface area contributed by atoms with Gasteiger partial charge in [0.15, 0.2) is 0 Å². The maximum atomic E-state index is 12.4. The summed E-state index contributed by atoms with van der Waals surface area (Å²) in [5.74, 6) is 0.532. The fraction of sp³-hybridized carbons (Fsp3) is 0.571. The molecule has 1 unspecified atom stereocenters. The molecule has 152 valence electrons. The summed E-state index contributed by atoms with van der Waals surface area (Å²) < 4.78 is 1.94. The Labute approximate surface area is 167 Å². The highest BCUT2D eigenvalue weighted by Gasteiger charge is 2.23. The number of nitrogens with one attached hydrogen (secondary N) is 1.